The molecular formula is C13H20N2O2. The van der Waals surface area contributed by atoms with Crippen LogP contribution in [0.2, 0.25) is 0 Å². The second kappa shape index (κ2) is 5.49. The summed E-state index contributed by atoms with van der Waals surface area (Å²) in [5.74, 6) is 0. The van der Waals surface area contributed by atoms with E-state index in [0.717, 1.165) is 30.9 Å². The van der Waals surface area contributed by atoms with Crippen molar-refractivity contribution in [2.45, 2.75) is 19.6 Å². The quantitative estimate of drug-likeness (QED) is 0.761. The number of hydrogen-bond donors (Lipinski definition) is 2. The molecule has 4 nitrogen and oxygen atoms in total. The molecule has 1 aliphatic rings. The summed E-state index contributed by atoms with van der Waals surface area (Å²) in [6.07, 6.45) is -0.0508. The van der Waals surface area contributed by atoms with Crippen LogP contribution >= 0.6 is 0 Å². The lowest BCUT2D eigenvalue weighted by molar-refractivity contribution is -0.0551. The number of aliphatic hydroxyl groups excluding tert-OH is 1. The number of anilines is 1. The summed E-state index contributed by atoms with van der Waals surface area (Å²) in [6.45, 7) is 5.39. The van der Waals surface area contributed by atoms with Crippen molar-refractivity contribution >= 4 is 5.69 Å². The van der Waals surface area contributed by atoms with Gasteiger partial charge in [-0.15, -0.1) is 0 Å². The summed E-state index contributed by atoms with van der Waals surface area (Å²) in [5, 5.41) is 9.10. The second-order valence-electron chi connectivity index (χ2n) is 4.54. The molecule has 1 saturated heterocycles. The third-order valence-corrected chi connectivity index (χ3v) is 3.31. The van der Waals surface area contributed by atoms with Crippen molar-refractivity contribution in [2.24, 2.45) is 0 Å². The van der Waals surface area contributed by atoms with Crippen molar-refractivity contribution in [1.29, 1.82) is 0 Å². The molecular weight excluding hydrogens is 216 g/mol. The molecule has 1 aliphatic heterocycles. The minimum absolute atomic E-state index is 0.0508. The molecule has 0 bridgehead atoms. The van der Waals surface area contributed by atoms with E-state index < -0.39 is 0 Å². The lowest BCUT2D eigenvalue weighted by Gasteiger charge is -2.32. The van der Waals surface area contributed by atoms with Crippen LogP contribution in [0.5, 0.6) is 0 Å². The fourth-order valence-corrected chi connectivity index (χ4v) is 2.15. The molecule has 94 valence electrons. The van der Waals surface area contributed by atoms with E-state index in [-0.39, 0.29) is 12.7 Å². The zero-order valence-corrected chi connectivity index (χ0v) is 10.2. The van der Waals surface area contributed by atoms with Gasteiger partial charge in [-0.3, -0.25) is 4.90 Å². The Hall–Kier alpha value is -1.10. The van der Waals surface area contributed by atoms with E-state index in [1.165, 1.54) is 5.56 Å². The lowest BCUT2D eigenvalue weighted by atomic mass is 10.1. The summed E-state index contributed by atoms with van der Waals surface area (Å²) >= 11 is 0. The monoisotopic (exact) mass is 236 g/mol. The topological polar surface area (TPSA) is 58.7 Å². The van der Waals surface area contributed by atoms with Crippen LogP contribution in [0.1, 0.15) is 11.1 Å². The van der Waals surface area contributed by atoms with Gasteiger partial charge in [-0.25, -0.2) is 0 Å². The van der Waals surface area contributed by atoms with Crippen molar-refractivity contribution in [1.82, 2.24) is 4.90 Å². The predicted molar refractivity (Wildman–Crippen MR) is 67.7 cm³/mol. The van der Waals surface area contributed by atoms with Gasteiger partial charge in [-0.2, -0.15) is 0 Å². The van der Waals surface area contributed by atoms with E-state index in [9.17, 15) is 0 Å². The zero-order chi connectivity index (χ0) is 12.3. The largest absolute Gasteiger partial charge is 0.399 e. The van der Waals surface area contributed by atoms with Crippen molar-refractivity contribution in [3.05, 3.63) is 29.3 Å². The molecule has 1 heterocycles. The van der Waals surface area contributed by atoms with E-state index in [0.29, 0.717) is 6.61 Å². The standard InChI is InChI=1S/C13H20N2O2/c1-10-11(3-2-4-13(10)14)7-15-5-6-17-12(8-15)9-16/h2-4,12,16H,5-9,14H2,1H3. The summed E-state index contributed by atoms with van der Waals surface area (Å²) < 4.78 is 5.43. The second-order valence-corrected chi connectivity index (χ2v) is 4.54. The number of hydrogen-bond acceptors (Lipinski definition) is 4. The van der Waals surface area contributed by atoms with Crippen LogP contribution in [0.3, 0.4) is 0 Å². The molecule has 1 aromatic carbocycles. The Kier molecular flexibility index (Phi) is 3.99. The highest BCUT2D eigenvalue weighted by atomic mass is 16.5. The average molecular weight is 236 g/mol. The maximum atomic E-state index is 9.10. The van der Waals surface area contributed by atoms with Gasteiger partial charge in [0.05, 0.1) is 19.3 Å². The number of rotatable bonds is 3. The van der Waals surface area contributed by atoms with Gasteiger partial charge < -0.3 is 15.6 Å². The molecule has 0 saturated carbocycles. The maximum absolute atomic E-state index is 9.10. The molecule has 1 atom stereocenters. The fourth-order valence-electron chi connectivity index (χ4n) is 2.15. The van der Waals surface area contributed by atoms with Crippen LogP contribution in [0.15, 0.2) is 18.2 Å². The van der Waals surface area contributed by atoms with Gasteiger partial charge in [0.15, 0.2) is 0 Å². The summed E-state index contributed by atoms with van der Waals surface area (Å²) in [4.78, 5) is 2.30. The first-order valence-corrected chi connectivity index (χ1v) is 5.99. The predicted octanol–water partition coefficient (Wildman–Crippen LogP) is 0.770. The molecule has 4 heteroatoms. The van der Waals surface area contributed by atoms with E-state index >= 15 is 0 Å². The molecule has 0 radical (unpaired) electrons. The highest BCUT2D eigenvalue weighted by molar-refractivity contribution is 5.49. The van der Waals surface area contributed by atoms with Gasteiger partial charge in [0.1, 0.15) is 0 Å². The number of ether oxygens (including phenoxy) is 1. The number of aliphatic hydroxyl groups is 1. The van der Waals surface area contributed by atoms with Gasteiger partial charge in [0.25, 0.3) is 0 Å². The first-order chi connectivity index (χ1) is 8.20. The van der Waals surface area contributed by atoms with Crippen LogP contribution in [-0.4, -0.2) is 42.4 Å². The van der Waals surface area contributed by atoms with Gasteiger partial charge in [0, 0.05) is 25.3 Å². The fraction of sp³-hybridized carbons (Fsp3) is 0.538. The Labute approximate surface area is 102 Å². The Morgan fingerprint density at radius 1 is 1.53 bits per heavy atom. The summed E-state index contributed by atoms with van der Waals surface area (Å²) in [5.41, 5.74) is 9.14. The van der Waals surface area contributed by atoms with Crippen molar-refractivity contribution < 1.29 is 9.84 Å². The molecule has 0 aliphatic carbocycles. The van der Waals surface area contributed by atoms with Gasteiger partial charge in [-0.05, 0) is 24.1 Å². The Morgan fingerprint density at radius 2 is 2.35 bits per heavy atom. The number of nitrogens with two attached hydrogens (primary N) is 1. The van der Waals surface area contributed by atoms with E-state index in [1.54, 1.807) is 0 Å². The number of nitrogens with zero attached hydrogens (tertiary/aromatic N) is 1. The van der Waals surface area contributed by atoms with E-state index in [2.05, 4.69) is 17.9 Å². The van der Waals surface area contributed by atoms with Crippen LogP contribution in [-0.2, 0) is 11.3 Å². The molecule has 3 N–H and O–H groups in total. The van der Waals surface area contributed by atoms with E-state index in [4.69, 9.17) is 15.6 Å². The van der Waals surface area contributed by atoms with E-state index in [1.807, 2.05) is 12.1 Å². The van der Waals surface area contributed by atoms with Crippen LogP contribution in [0.4, 0.5) is 5.69 Å². The smallest absolute Gasteiger partial charge is 0.0933 e. The lowest BCUT2D eigenvalue weighted by Crippen LogP contribution is -2.43. The first-order valence-electron chi connectivity index (χ1n) is 5.99. The molecule has 0 aromatic heterocycles. The van der Waals surface area contributed by atoms with Gasteiger partial charge in [-0.1, -0.05) is 12.1 Å². The van der Waals surface area contributed by atoms with Gasteiger partial charge in [0.2, 0.25) is 0 Å². The third-order valence-electron chi connectivity index (χ3n) is 3.31. The van der Waals surface area contributed by atoms with Crippen LogP contribution in [0, 0.1) is 6.92 Å². The van der Waals surface area contributed by atoms with Crippen molar-refractivity contribution in [3.63, 3.8) is 0 Å². The molecule has 1 fully saturated rings. The number of benzene rings is 1. The molecule has 0 spiro atoms. The SMILES string of the molecule is Cc1c(N)cccc1CN1CCOC(CO)C1. The molecule has 1 aromatic rings. The minimum atomic E-state index is -0.0508. The van der Waals surface area contributed by atoms with Crippen LogP contribution in [0.25, 0.3) is 0 Å². The molecule has 2 rings (SSSR count). The molecule has 17 heavy (non-hydrogen) atoms. The van der Waals surface area contributed by atoms with Crippen molar-refractivity contribution in [3.8, 4) is 0 Å². The first kappa shape index (κ1) is 12.4. The summed E-state index contributed by atoms with van der Waals surface area (Å²) in [6, 6.07) is 6.02. The molecule has 0 amide bonds. The minimum Gasteiger partial charge on any atom is -0.399 e. The Morgan fingerprint density at radius 3 is 3.12 bits per heavy atom. The highest BCUT2D eigenvalue weighted by Gasteiger charge is 2.20. The summed E-state index contributed by atoms with van der Waals surface area (Å²) in [7, 11) is 0. The average Bonchev–Trinajstić information content (AvgIpc) is 2.35. The van der Waals surface area contributed by atoms with Crippen molar-refractivity contribution in [2.75, 3.05) is 32.0 Å². The highest BCUT2D eigenvalue weighted by Crippen LogP contribution is 2.18. The molecule has 1 unspecified atom stereocenters. The maximum Gasteiger partial charge on any atom is 0.0933 e. The normalized spacial score (nSPS) is 21.6. The zero-order valence-electron chi connectivity index (χ0n) is 10.2. The Bertz CT molecular complexity index is 382. The number of morpholine rings is 1. The van der Waals surface area contributed by atoms with Crippen LogP contribution < -0.4 is 5.73 Å². The Balaban J connectivity index is 2.02. The third kappa shape index (κ3) is 2.97. The number of nitrogen functional groups attached to an aromatic ring is 1. The van der Waals surface area contributed by atoms with Gasteiger partial charge >= 0.3 is 0 Å².